The van der Waals surface area contributed by atoms with Gasteiger partial charge in [0.2, 0.25) is 0 Å². The molecule has 0 bridgehead atoms. The molecule has 0 radical (unpaired) electrons. The number of carboxylic acid groups (broad SMARTS) is 1. The molecule has 6 rings (SSSR count). The summed E-state index contributed by atoms with van der Waals surface area (Å²) >= 11 is 0. The highest BCUT2D eigenvalue weighted by molar-refractivity contribution is 8.47. The molecule has 0 fully saturated rings. The van der Waals surface area contributed by atoms with Crippen molar-refractivity contribution in [2.75, 3.05) is 0 Å². The van der Waals surface area contributed by atoms with Gasteiger partial charge >= 0.3 is 0 Å². The number of hydrogen-bond donors (Lipinski definition) is 2. The smallest absolute Gasteiger partial charge is 0.300 e. The Morgan fingerprint density at radius 1 is 0.422 bits per heavy atom. The number of benzene rings is 6. The van der Waals surface area contributed by atoms with Crippen molar-refractivity contribution in [3.8, 4) is 0 Å². The van der Waals surface area contributed by atoms with E-state index in [0.717, 1.165) is 6.92 Å². The molecule has 0 aliphatic carbocycles. The standard InChI is InChI=1S/C36H33NP4.C2H4O2/c1-7-19-31(20-8-1)40(32-21-9-2-10-22-32,33-23-11-3-12-24-33)38-37-39-41(34-25-13-4-14-26-34,35-27-15-5-16-28-35)36-29-17-6-18-30-36;1-2(3)4/h1-30,37-39H;1H3,(H,3,4)/q+2;. The van der Waals surface area contributed by atoms with E-state index in [1.54, 1.807) is 0 Å². The van der Waals surface area contributed by atoms with Crippen LogP contribution in [0.5, 0.6) is 0 Å². The van der Waals surface area contributed by atoms with E-state index in [4.69, 9.17) is 9.90 Å². The number of carboxylic acids is 1. The summed E-state index contributed by atoms with van der Waals surface area (Å²) in [4.78, 5) is 13.2. The van der Waals surface area contributed by atoms with Gasteiger partial charge in [0, 0.05) is 6.92 Å². The first-order valence-electron chi connectivity index (χ1n) is 14.7. The average Bonchev–Trinajstić information content (AvgIpc) is 3.11. The molecule has 224 valence electrons. The van der Waals surface area contributed by atoms with E-state index in [1.165, 1.54) is 31.8 Å². The van der Waals surface area contributed by atoms with Crippen LogP contribution in [0.25, 0.3) is 0 Å². The van der Waals surface area contributed by atoms with Gasteiger partial charge in [0.1, 0.15) is 62.6 Å². The minimum atomic E-state index is -1.97. The molecule has 7 heteroatoms. The summed E-state index contributed by atoms with van der Waals surface area (Å²) in [7, 11) is 1.07. The van der Waals surface area contributed by atoms with Crippen LogP contribution in [0.15, 0.2) is 182 Å². The van der Waals surface area contributed by atoms with Gasteiger partial charge in [-0.15, -0.1) is 0 Å². The summed E-state index contributed by atoms with van der Waals surface area (Å²) in [6.45, 7) is -2.86. The molecule has 45 heavy (non-hydrogen) atoms. The van der Waals surface area contributed by atoms with Crippen LogP contribution < -0.4 is 36.7 Å². The molecule has 0 aliphatic rings. The molecule has 6 aromatic carbocycles. The van der Waals surface area contributed by atoms with Gasteiger partial charge in [-0.2, -0.15) is 0 Å². The van der Waals surface area contributed by atoms with Crippen LogP contribution in [0.4, 0.5) is 0 Å². The fourth-order valence-corrected chi connectivity index (χ4v) is 23.0. The van der Waals surface area contributed by atoms with Crippen molar-refractivity contribution < 1.29 is 9.90 Å². The van der Waals surface area contributed by atoms with Crippen molar-refractivity contribution >= 4 is 68.5 Å². The molecule has 2 N–H and O–H groups in total. The summed E-state index contributed by atoms with van der Waals surface area (Å²) in [5.74, 6) is -0.833. The van der Waals surface area contributed by atoms with E-state index in [9.17, 15) is 0 Å². The fourth-order valence-electron chi connectivity index (χ4n) is 5.38. The van der Waals surface area contributed by atoms with Gasteiger partial charge in [-0.25, -0.2) is 4.86 Å². The molecule has 6 aromatic rings. The molecular formula is C38H37NO2P4+2. The Balaban J connectivity index is 0.000000945. The normalized spacial score (nSPS) is 11.8. The molecule has 3 nitrogen and oxygen atoms in total. The van der Waals surface area contributed by atoms with Crippen molar-refractivity contribution in [2.24, 2.45) is 0 Å². The van der Waals surface area contributed by atoms with Gasteiger partial charge in [-0.1, -0.05) is 109 Å². The monoisotopic (exact) mass is 663 g/mol. The van der Waals surface area contributed by atoms with Crippen molar-refractivity contribution in [2.45, 2.75) is 6.92 Å². The number of hydrogen-bond acceptors (Lipinski definition) is 2. The topological polar surface area (TPSA) is 49.3 Å². The number of aliphatic carboxylic acids is 1. The molecule has 0 spiro atoms. The van der Waals surface area contributed by atoms with Crippen molar-refractivity contribution in [1.82, 2.24) is 4.86 Å². The Morgan fingerprint density at radius 3 is 0.733 bits per heavy atom. The van der Waals surface area contributed by atoms with Gasteiger partial charge < -0.3 is 5.11 Å². The molecule has 0 amide bonds. The third-order valence-corrected chi connectivity index (χ3v) is 24.0. The lowest BCUT2D eigenvalue weighted by Gasteiger charge is -2.30. The van der Waals surface area contributed by atoms with Crippen LogP contribution in [0.2, 0.25) is 0 Å². The van der Waals surface area contributed by atoms with E-state index in [2.05, 4.69) is 187 Å². The molecule has 0 aliphatic heterocycles. The zero-order valence-corrected chi connectivity index (χ0v) is 28.9. The van der Waals surface area contributed by atoms with Gasteiger partial charge in [0.25, 0.3) is 5.97 Å². The summed E-state index contributed by atoms with van der Waals surface area (Å²) in [5, 5.41) is 15.9. The molecule has 0 saturated heterocycles. The lowest BCUT2D eigenvalue weighted by atomic mass is 10.4. The van der Waals surface area contributed by atoms with Crippen LogP contribution in [0.3, 0.4) is 0 Å². The molecule has 0 aromatic heterocycles. The predicted molar refractivity (Wildman–Crippen MR) is 203 cm³/mol. The second-order valence-electron chi connectivity index (χ2n) is 10.2. The summed E-state index contributed by atoms with van der Waals surface area (Å²) in [6.07, 6.45) is 0. The Labute approximate surface area is 271 Å². The molecule has 0 heterocycles. The minimum Gasteiger partial charge on any atom is -0.481 e. The molecule has 2 unspecified atom stereocenters. The summed E-state index contributed by atoms with van der Waals surface area (Å²) in [6, 6.07) is 67.1. The quantitative estimate of drug-likeness (QED) is 0.148. The maximum absolute atomic E-state index is 9.00. The summed E-state index contributed by atoms with van der Waals surface area (Å²) < 4.78 is 0. The Bertz CT molecular complexity index is 1420. The second-order valence-corrected chi connectivity index (χ2v) is 22.8. The Morgan fingerprint density at radius 2 is 0.578 bits per heavy atom. The highest BCUT2D eigenvalue weighted by atomic mass is 32.1. The molecule has 2 atom stereocenters. The highest BCUT2D eigenvalue weighted by Crippen LogP contribution is 2.76. The lowest BCUT2D eigenvalue weighted by molar-refractivity contribution is -0.134. The largest absolute Gasteiger partial charge is 0.481 e. The lowest BCUT2D eigenvalue weighted by Crippen LogP contribution is -2.31. The van der Waals surface area contributed by atoms with Gasteiger partial charge in [0.15, 0.2) is 0 Å². The first kappa shape index (κ1) is 32.9. The number of rotatable bonds is 10. The van der Waals surface area contributed by atoms with Gasteiger partial charge in [-0.3, -0.25) is 4.79 Å². The Kier molecular flexibility index (Phi) is 11.8. The highest BCUT2D eigenvalue weighted by Gasteiger charge is 2.50. The van der Waals surface area contributed by atoms with Gasteiger partial charge in [0.05, 0.1) is 0 Å². The van der Waals surface area contributed by atoms with Crippen LogP contribution >= 0.6 is 30.7 Å². The van der Waals surface area contributed by atoms with E-state index in [1.807, 2.05) is 0 Å². The first-order valence-corrected chi connectivity index (χ1v) is 21.9. The van der Waals surface area contributed by atoms with E-state index >= 15 is 0 Å². The SMILES string of the molecule is CC(=O)O.c1ccc([P+](PNP[P+](c2ccccc2)(c2ccccc2)c2ccccc2)(c2ccccc2)c2ccccc2)cc1. The van der Waals surface area contributed by atoms with Gasteiger partial charge in [-0.05, 0) is 72.8 Å². The zero-order chi connectivity index (χ0) is 31.4. The number of nitrogens with one attached hydrogen (secondary N) is 1. The zero-order valence-electron chi connectivity index (χ0n) is 25.1. The maximum atomic E-state index is 9.00. The molecular weight excluding hydrogens is 626 g/mol. The number of carbonyl (C=O) groups is 1. The Hall–Kier alpha value is -3.53. The third kappa shape index (κ3) is 7.65. The van der Waals surface area contributed by atoms with E-state index < -0.39 is 19.9 Å². The average molecular weight is 664 g/mol. The van der Waals surface area contributed by atoms with Crippen LogP contribution in [0.1, 0.15) is 6.92 Å². The maximum Gasteiger partial charge on any atom is 0.300 e. The van der Waals surface area contributed by atoms with Crippen LogP contribution in [-0.2, 0) is 4.79 Å². The predicted octanol–water partition coefficient (Wildman–Crippen LogP) is 7.67. The summed E-state index contributed by atoms with van der Waals surface area (Å²) in [5.41, 5.74) is 0. The fraction of sp³-hybridized carbons (Fsp3) is 0.0263. The van der Waals surface area contributed by atoms with Crippen LogP contribution in [0, 0.1) is 0 Å². The van der Waals surface area contributed by atoms with E-state index in [-0.39, 0.29) is 0 Å². The first-order chi connectivity index (χ1) is 22.1. The molecule has 0 saturated carbocycles. The van der Waals surface area contributed by atoms with Crippen molar-refractivity contribution in [3.05, 3.63) is 182 Å². The van der Waals surface area contributed by atoms with Crippen LogP contribution in [-0.4, -0.2) is 11.1 Å². The third-order valence-electron chi connectivity index (χ3n) is 7.31. The van der Waals surface area contributed by atoms with Crippen molar-refractivity contribution in [3.63, 3.8) is 0 Å². The second kappa shape index (κ2) is 16.2. The minimum absolute atomic E-state index is 0.535. The van der Waals surface area contributed by atoms with Crippen molar-refractivity contribution in [1.29, 1.82) is 0 Å². The van der Waals surface area contributed by atoms with E-state index in [0.29, 0.717) is 16.8 Å².